The van der Waals surface area contributed by atoms with Gasteiger partial charge in [0.1, 0.15) is 0 Å². The fourth-order valence-electron chi connectivity index (χ4n) is 8.36. The van der Waals surface area contributed by atoms with E-state index >= 15 is 0 Å². The molecule has 1 heterocycles. The molecule has 4 fully saturated rings. The first-order valence-corrected chi connectivity index (χ1v) is 20.5. The van der Waals surface area contributed by atoms with Gasteiger partial charge in [-0.05, 0) is 73.4 Å². The molecule has 0 radical (unpaired) electrons. The van der Waals surface area contributed by atoms with Gasteiger partial charge in [0.2, 0.25) is 0 Å². The Labute approximate surface area is 225 Å². The van der Waals surface area contributed by atoms with Crippen LogP contribution >= 0.6 is 0 Å². The Morgan fingerprint density at radius 1 is 1.03 bits per heavy atom. The maximum atomic E-state index is 13.2. The predicted octanol–water partition coefficient (Wildman–Crippen LogP) is 6.72. The minimum atomic E-state index is -2.23. The zero-order chi connectivity index (χ0) is 27.7. The van der Waals surface area contributed by atoms with E-state index in [-0.39, 0.29) is 46.5 Å². The number of carbonyl (C=O) groups is 2. The number of ether oxygens (including phenoxy) is 2. The van der Waals surface area contributed by atoms with Crippen LogP contribution in [-0.2, 0) is 23.1 Å². The Hall–Kier alpha value is -0.966. The Morgan fingerprint density at radius 3 is 2.22 bits per heavy atom. The lowest BCUT2D eigenvalue weighted by atomic mass is 9.62. The van der Waals surface area contributed by atoms with Gasteiger partial charge < -0.3 is 18.3 Å². The Kier molecular flexibility index (Phi) is 5.83. The molecule has 4 aliphatic carbocycles. The van der Waals surface area contributed by atoms with Crippen LogP contribution in [0.25, 0.3) is 0 Å². The maximum absolute atomic E-state index is 13.2. The van der Waals surface area contributed by atoms with Crippen molar-refractivity contribution >= 4 is 28.6 Å². The highest BCUT2D eigenvalue weighted by Gasteiger charge is 2.79. The molecule has 1 saturated heterocycles. The normalized spacial score (nSPS) is 44.5. The van der Waals surface area contributed by atoms with Crippen LogP contribution in [0.1, 0.15) is 61.3 Å². The fraction of sp³-hybridized carbons (Fsp3) is 0.862. The number of fused-ring (bicyclic) bond motifs is 4. The van der Waals surface area contributed by atoms with E-state index in [4.69, 9.17) is 18.3 Å². The first-order chi connectivity index (χ1) is 16.7. The van der Waals surface area contributed by atoms with Crippen molar-refractivity contribution in [3.05, 3.63) is 11.6 Å². The number of rotatable bonds is 4. The van der Waals surface area contributed by atoms with Gasteiger partial charge in [-0.1, -0.05) is 48.5 Å². The van der Waals surface area contributed by atoms with Crippen LogP contribution in [0.2, 0.25) is 37.8 Å². The third-order valence-electron chi connectivity index (χ3n) is 11.0. The molecule has 3 saturated carbocycles. The Bertz CT molecular complexity index is 1050. The molecule has 2 unspecified atom stereocenters. The summed E-state index contributed by atoms with van der Waals surface area (Å²) in [5.74, 6) is 1.04. The number of allylic oxidation sites excluding steroid dienone is 1. The molecule has 6 nitrogen and oxygen atoms in total. The van der Waals surface area contributed by atoms with Gasteiger partial charge in [-0.2, -0.15) is 0 Å². The molecule has 37 heavy (non-hydrogen) atoms. The summed E-state index contributed by atoms with van der Waals surface area (Å²) in [6.07, 6.45) is 1.50. The maximum Gasteiger partial charge on any atom is 0.509 e. The van der Waals surface area contributed by atoms with Crippen molar-refractivity contribution in [2.75, 3.05) is 0 Å². The minimum absolute atomic E-state index is 0.00375. The third kappa shape index (κ3) is 3.75. The van der Waals surface area contributed by atoms with Gasteiger partial charge >= 0.3 is 6.16 Å². The van der Waals surface area contributed by atoms with E-state index in [1.807, 2.05) is 0 Å². The quantitative estimate of drug-likeness (QED) is 0.287. The van der Waals surface area contributed by atoms with E-state index in [2.05, 4.69) is 81.2 Å². The lowest BCUT2D eigenvalue weighted by molar-refractivity contribution is -0.117. The van der Waals surface area contributed by atoms with Gasteiger partial charge in [0.25, 0.3) is 0 Å². The highest BCUT2D eigenvalue weighted by molar-refractivity contribution is 6.74. The molecule has 1 aliphatic heterocycles. The van der Waals surface area contributed by atoms with E-state index in [1.54, 1.807) is 6.08 Å². The summed E-state index contributed by atoms with van der Waals surface area (Å²) in [4.78, 5) is 26.1. The van der Waals surface area contributed by atoms with Crippen LogP contribution in [0.3, 0.4) is 0 Å². The van der Waals surface area contributed by atoms with Crippen molar-refractivity contribution in [2.24, 2.45) is 35.0 Å². The molecule has 0 N–H and O–H groups in total. The van der Waals surface area contributed by atoms with Crippen LogP contribution in [0, 0.1) is 35.0 Å². The van der Waals surface area contributed by atoms with E-state index in [0.29, 0.717) is 11.8 Å². The first-order valence-electron chi connectivity index (χ1n) is 14.2. The van der Waals surface area contributed by atoms with Gasteiger partial charge in [-0.3, -0.25) is 4.79 Å². The predicted molar refractivity (Wildman–Crippen MR) is 148 cm³/mol. The largest absolute Gasteiger partial charge is 0.509 e. The van der Waals surface area contributed by atoms with Crippen molar-refractivity contribution in [1.29, 1.82) is 0 Å². The van der Waals surface area contributed by atoms with Crippen LogP contribution in [-0.4, -0.2) is 52.0 Å². The summed E-state index contributed by atoms with van der Waals surface area (Å²) < 4.78 is 27.0. The number of ketones is 1. The molecular weight excluding hydrogens is 500 g/mol. The highest BCUT2D eigenvalue weighted by Crippen LogP contribution is 2.75. The number of hydrogen-bond donors (Lipinski definition) is 0. The van der Waals surface area contributed by atoms with E-state index < -0.39 is 40.1 Å². The monoisotopic (exact) mass is 548 g/mol. The van der Waals surface area contributed by atoms with Crippen molar-refractivity contribution in [2.45, 2.75) is 122 Å². The van der Waals surface area contributed by atoms with Crippen molar-refractivity contribution in [3.63, 3.8) is 0 Å². The minimum Gasteiger partial charge on any atom is -0.426 e. The zero-order valence-electron chi connectivity index (χ0n) is 25.0. The van der Waals surface area contributed by atoms with E-state index in [1.165, 1.54) is 0 Å². The second-order valence-corrected chi connectivity index (χ2v) is 25.0. The van der Waals surface area contributed by atoms with Crippen molar-refractivity contribution in [1.82, 2.24) is 0 Å². The SMILES string of the molecule is C[C@@H]1C[C@@H]2[C@H]([C@@H]3C(O[Si](C)(C)C(C)(C)C)[C@H](C)[C@H]4OC(=O)O[C@]45CC(=O)C=C5C13O[Si](C)(C)C)C2(C)C. The summed E-state index contributed by atoms with van der Waals surface area (Å²) in [6.45, 7) is 27.3. The summed E-state index contributed by atoms with van der Waals surface area (Å²) in [6, 6.07) is 0. The number of hydrogen-bond acceptors (Lipinski definition) is 6. The summed E-state index contributed by atoms with van der Waals surface area (Å²) >= 11 is 0. The summed E-state index contributed by atoms with van der Waals surface area (Å²) in [5, 5.41) is 0.0196. The molecule has 8 heteroatoms. The molecule has 5 aliphatic rings. The summed E-state index contributed by atoms with van der Waals surface area (Å²) in [7, 11) is -4.38. The van der Waals surface area contributed by atoms with Crippen molar-refractivity contribution in [3.8, 4) is 0 Å². The van der Waals surface area contributed by atoms with Crippen molar-refractivity contribution < 1.29 is 27.9 Å². The van der Waals surface area contributed by atoms with Crippen LogP contribution in [0.15, 0.2) is 11.6 Å². The second kappa shape index (κ2) is 7.82. The van der Waals surface area contributed by atoms with Gasteiger partial charge in [0, 0.05) is 17.4 Å². The summed E-state index contributed by atoms with van der Waals surface area (Å²) in [5.41, 5.74) is -0.840. The highest BCUT2D eigenvalue weighted by atomic mass is 28.4. The topological polar surface area (TPSA) is 71.1 Å². The molecule has 0 amide bonds. The smallest absolute Gasteiger partial charge is 0.426 e. The van der Waals surface area contributed by atoms with Gasteiger partial charge in [-0.25, -0.2) is 4.79 Å². The molecule has 0 aromatic rings. The second-order valence-electron chi connectivity index (χ2n) is 15.8. The van der Waals surface area contributed by atoms with E-state index in [9.17, 15) is 9.59 Å². The average Bonchev–Trinajstić information content (AvgIpc) is 2.99. The molecule has 5 rings (SSSR count). The van der Waals surface area contributed by atoms with E-state index in [0.717, 1.165) is 12.0 Å². The van der Waals surface area contributed by atoms with Crippen LogP contribution in [0.4, 0.5) is 4.79 Å². The van der Waals surface area contributed by atoms with Gasteiger partial charge in [0.05, 0.1) is 18.1 Å². The molecule has 0 aromatic heterocycles. The molecule has 0 aromatic carbocycles. The van der Waals surface area contributed by atoms with Gasteiger partial charge in [0.15, 0.2) is 34.1 Å². The number of carbonyl (C=O) groups excluding carboxylic acids is 2. The standard InChI is InChI=1S/C29H48O6Si2/c1-16-13-19-21(27(19,6)7)22-23(34-37(11,12)26(3,4)5)17(2)24-28(33-25(31)32-24)15-18(30)14-20(28)29(16,22)35-36(8,9)10/h14,16-17,19,21-24H,13,15H2,1-12H3/t16-,17+,19-,21-,22-,23?,24-,28+,29?/m1/s1. The average molecular weight is 549 g/mol. The Balaban J connectivity index is 1.81. The first kappa shape index (κ1) is 27.6. The van der Waals surface area contributed by atoms with Gasteiger partial charge in [-0.15, -0.1) is 0 Å². The Morgan fingerprint density at radius 2 is 1.65 bits per heavy atom. The molecular formula is C29H48O6Si2. The lowest BCUT2D eigenvalue weighted by Gasteiger charge is -2.56. The molecule has 9 atom stereocenters. The van der Waals surface area contributed by atoms with Crippen LogP contribution < -0.4 is 0 Å². The fourth-order valence-corrected chi connectivity index (χ4v) is 11.2. The zero-order valence-corrected chi connectivity index (χ0v) is 27.0. The lowest BCUT2D eigenvalue weighted by Crippen LogP contribution is -2.62. The molecule has 208 valence electrons. The molecule has 0 bridgehead atoms. The third-order valence-corrected chi connectivity index (χ3v) is 16.4. The van der Waals surface area contributed by atoms with Crippen LogP contribution in [0.5, 0.6) is 0 Å². The molecule has 1 spiro atoms.